The highest BCUT2D eigenvalue weighted by Crippen LogP contribution is 2.29. The minimum absolute atomic E-state index is 0.0855. The molecule has 46 heavy (non-hydrogen) atoms. The van der Waals surface area contributed by atoms with E-state index in [2.05, 4.69) is 84.5 Å². The molecule has 0 aromatic heterocycles. The molecule has 246 valence electrons. The number of rotatable bonds is 13. The quantitative estimate of drug-likeness (QED) is 0.0876. The Morgan fingerprint density at radius 1 is 1.02 bits per heavy atom. The molecule has 9 heteroatoms. The third kappa shape index (κ3) is 10.1. The number of amidine groups is 1. The lowest BCUT2D eigenvalue weighted by Crippen LogP contribution is -2.48. The van der Waals surface area contributed by atoms with Gasteiger partial charge in [0.2, 0.25) is 11.8 Å². The first-order chi connectivity index (χ1) is 22.1. The molecule has 1 atom stereocenters. The van der Waals surface area contributed by atoms with Gasteiger partial charge < -0.3 is 20.8 Å². The number of hydrogen-bond acceptors (Lipinski definition) is 6. The number of likely N-dealkylation sites (tertiary alicyclic amines) is 1. The van der Waals surface area contributed by atoms with Gasteiger partial charge in [0.25, 0.3) is 0 Å². The van der Waals surface area contributed by atoms with Gasteiger partial charge >= 0.3 is 0 Å². The van der Waals surface area contributed by atoms with Gasteiger partial charge in [0.15, 0.2) is 5.84 Å². The van der Waals surface area contributed by atoms with E-state index in [-0.39, 0.29) is 17.2 Å². The molecule has 8 nitrogen and oxygen atoms in total. The Morgan fingerprint density at radius 2 is 1.74 bits per heavy atom. The van der Waals surface area contributed by atoms with Crippen molar-refractivity contribution in [1.29, 1.82) is 0 Å². The number of benzene rings is 3. The largest absolute Gasteiger partial charge is 0.397 e. The van der Waals surface area contributed by atoms with E-state index in [4.69, 9.17) is 10.6 Å². The summed E-state index contributed by atoms with van der Waals surface area (Å²) in [6.45, 7) is 8.11. The van der Waals surface area contributed by atoms with Crippen LogP contribution in [0, 0.1) is 5.92 Å². The first-order valence-electron chi connectivity index (χ1n) is 16.2. The van der Waals surface area contributed by atoms with Crippen molar-refractivity contribution in [3.63, 3.8) is 0 Å². The van der Waals surface area contributed by atoms with Crippen molar-refractivity contribution in [1.82, 2.24) is 14.9 Å². The third-order valence-corrected chi connectivity index (χ3v) is 9.50. The van der Waals surface area contributed by atoms with Crippen LogP contribution < -0.4 is 15.8 Å². The van der Waals surface area contributed by atoms with Gasteiger partial charge in [-0.3, -0.25) is 9.59 Å². The molecule has 0 unspecified atom stereocenters. The van der Waals surface area contributed by atoms with Gasteiger partial charge in [-0.25, -0.2) is 4.72 Å². The molecule has 1 heterocycles. The van der Waals surface area contributed by atoms with E-state index >= 15 is 0 Å². The predicted octanol–water partition coefficient (Wildman–Crippen LogP) is 6.28. The van der Waals surface area contributed by atoms with Crippen molar-refractivity contribution < 1.29 is 14.4 Å². The number of nitrogens with zero attached hydrogens (tertiary/aromatic N) is 2. The Bertz CT molecular complexity index is 1480. The van der Waals surface area contributed by atoms with Gasteiger partial charge in [0.05, 0.1) is 0 Å². The fourth-order valence-electron chi connectivity index (χ4n) is 5.80. The van der Waals surface area contributed by atoms with E-state index in [1.165, 1.54) is 24.6 Å². The highest BCUT2D eigenvalue weighted by Gasteiger charge is 2.29. The number of carbonyl (C=O) groups is 2. The lowest BCUT2D eigenvalue weighted by atomic mass is 9.86. The van der Waals surface area contributed by atoms with E-state index in [9.17, 15) is 9.59 Å². The van der Waals surface area contributed by atoms with Gasteiger partial charge in [-0.2, -0.15) is 0 Å². The molecule has 2 amide bonds. The van der Waals surface area contributed by atoms with Crippen LogP contribution in [0.2, 0.25) is 0 Å². The number of piperidine rings is 1. The van der Waals surface area contributed by atoms with Crippen LogP contribution in [-0.2, 0) is 26.3 Å². The first kappa shape index (κ1) is 35.0. The molecule has 1 saturated heterocycles. The lowest BCUT2D eigenvalue weighted by molar-refractivity contribution is -0.134. The fraction of sp³-hybridized carbons (Fsp3) is 0.432. The van der Waals surface area contributed by atoms with E-state index in [1.807, 2.05) is 29.2 Å². The normalized spacial score (nSPS) is 15.0. The molecular weight excluding hydrogens is 595 g/mol. The van der Waals surface area contributed by atoms with Gasteiger partial charge in [0.1, 0.15) is 13.2 Å². The van der Waals surface area contributed by atoms with Crippen LogP contribution in [0.25, 0.3) is 11.1 Å². The maximum absolute atomic E-state index is 14.0. The van der Waals surface area contributed by atoms with Gasteiger partial charge in [0, 0.05) is 37.0 Å². The van der Waals surface area contributed by atoms with Crippen LogP contribution in [0.4, 0.5) is 0 Å². The van der Waals surface area contributed by atoms with Crippen molar-refractivity contribution in [2.24, 2.45) is 16.8 Å². The molecule has 0 radical (unpaired) electrons. The topological polar surface area (TPSA) is 109 Å². The van der Waals surface area contributed by atoms with Gasteiger partial charge in [-0.05, 0) is 95.8 Å². The minimum atomic E-state index is -0.444. The molecule has 0 bridgehead atoms. The van der Waals surface area contributed by atoms with Crippen molar-refractivity contribution >= 4 is 29.6 Å². The molecule has 3 aromatic rings. The molecule has 0 aliphatic carbocycles. The number of oxime groups is 1. The molecule has 0 saturated carbocycles. The van der Waals surface area contributed by atoms with E-state index in [1.54, 1.807) is 7.05 Å². The summed E-state index contributed by atoms with van der Waals surface area (Å²) >= 11 is 1.49. The summed E-state index contributed by atoms with van der Waals surface area (Å²) in [5.41, 5.74) is 11.5. The summed E-state index contributed by atoms with van der Waals surface area (Å²) in [4.78, 5) is 33.5. The van der Waals surface area contributed by atoms with Gasteiger partial charge in [-0.1, -0.05) is 80.5 Å². The molecule has 0 spiro atoms. The number of carbonyl (C=O) groups excluding carboxylic acids is 2. The Morgan fingerprint density at radius 3 is 2.41 bits per heavy atom. The van der Waals surface area contributed by atoms with Crippen LogP contribution in [0.1, 0.15) is 69.6 Å². The standard InChI is InChI=1S/C37H49N5O3S/c1-37(2,3)31-17-15-28(16-18-31)29-11-8-13-32(25-29)46-41-33(24-27-10-6-12-30(23-27)35(38)40-45-5)36(44)42-21-19-26(20-22-42)9-7-14-34(43)39-4/h6,8,10-13,15-18,23,25-26,33,41H,7,9,14,19-22,24H2,1-5H3,(H2,38,40)(H,39,43)/t33-/m0/s1. The fourth-order valence-corrected chi connectivity index (χ4v) is 6.60. The highest BCUT2D eigenvalue weighted by molar-refractivity contribution is 7.97. The van der Waals surface area contributed by atoms with Crippen molar-refractivity contribution in [3.8, 4) is 11.1 Å². The summed E-state index contributed by atoms with van der Waals surface area (Å²) in [6, 6.07) is 24.5. The molecule has 1 aliphatic heterocycles. The van der Waals surface area contributed by atoms with Crippen molar-refractivity contribution in [2.75, 3.05) is 27.2 Å². The zero-order valence-corrected chi connectivity index (χ0v) is 28.7. The van der Waals surface area contributed by atoms with Crippen LogP contribution in [0.5, 0.6) is 0 Å². The Kier molecular flexibility index (Phi) is 12.7. The van der Waals surface area contributed by atoms with Crippen LogP contribution >= 0.6 is 11.9 Å². The summed E-state index contributed by atoms with van der Waals surface area (Å²) in [5.74, 6) is 1.01. The number of nitrogens with one attached hydrogen (secondary N) is 2. The number of nitrogens with two attached hydrogens (primary N) is 1. The van der Waals surface area contributed by atoms with Crippen LogP contribution in [0.3, 0.4) is 0 Å². The van der Waals surface area contributed by atoms with Crippen molar-refractivity contribution in [3.05, 3.63) is 89.5 Å². The second kappa shape index (κ2) is 16.7. The summed E-state index contributed by atoms with van der Waals surface area (Å²) < 4.78 is 3.52. The first-order valence-corrected chi connectivity index (χ1v) is 17.0. The molecule has 3 aromatic carbocycles. The minimum Gasteiger partial charge on any atom is -0.397 e. The Labute approximate surface area is 278 Å². The predicted molar refractivity (Wildman–Crippen MR) is 188 cm³/mol. The molecule has 1 fully saturated rings. The summed E-state index contributed by atoms with van der Waals surface area (Å²) in [5, 5.41) is 6.56. The molecule has 4 rings (SSSR count). The zero-order chi connectivity index (χ0) is 33.1. The lowest BCUT2D eigenvalue weighted by Gasteiger charge is -2.34. The maximum Gasteiger partial charge on any atom is 0.240 e. The van der Waals surface area contributed by atoms with Crippen molar-refractivity contribution in [2.45, 2.75) is 75.6 Å². The van der Waals surface area contributed by atoms with Crippen LogP contribution in [-0.4, -0.2) is 55.8 Å². The molecule has 4 N–H and O–H groups in total. The van der Waals surface area contributed by atoms with Gasteiger partial charge in [-0.15, -0.1) is 0 Å². The zero-order valence-electron chi connectivity index (χ0n) is 27.8. The summed E-state index contributed by atoms with van der Waals surface area (Å²) in [6.07, 6.45) is 4.86. The molecule has 1 aliphatic rings. The third-order valence-electron chi connectivity index (χ3n) is 8.61. The number of amides is 2. The highest BCUT2D eigenvalue weighted by atomic mass is 32.2. The van der Waals surface area contributed by atoms with E-state index < -0.39 is 6.04 Å². The number of hydrogen-bond donors (Lipinski definition) is 3. The second-order valence-electron chi connectivity index (χ2n) is 13.0. The molecular formula is C37H49N5O3S. The second-order valence-corrected chi connectivity index (χ2v) is 13.9. The van der Waals surface area contributed by atoms with E-state index in [0.29, 0.717) is 24.6 Å². The Balaban J connectivity index is 1.47. The Hall–Kier alpha value is -3.82. The smallest absolute Gasteiger partial charge is 0.240 e. The monoisotopic (exact) mass is 643 g/mol. The average Bonchev–Trinajstić information content (AvgIpc) is 3.06. The summed E-state index contributed by atoms with van der Waals surface area (Å²) in [7, 11) is 3.14. The van der Waals surface area contributed by atoms with E-state index in [0.717, 1.165) is 65.9 Å². The SMILES string of the molecule is CNC(=O)CCCC1CCN(C(=O)[C@H](Cc2cccc(/C(N)=N\OC)c2)NSc2cccc(-c3ccc(C(C)(C)C)cc3)c2)CC1. The van der Waals surface area contributed by atoms with Crippen LogP contribution in [0.15, 0.2) is 82.8 Å². The average molecular weight is 644 g/mol. The maximum atomic E-state index is 14.0.